The van der Waals surface area contributed by atoms with Crippen LogP contribution in [0.15, 0.2) is 102 Å². The van der Waals surface area contributed by atoms with Crippen molar-refractivity contribution in [2.75, 3.05) is 10.6 Å². The van der Waals surface area contributed by atoms with Crippen molar-refractivity contribution in [3.63, 3.8) is 0 Å². The van der Waals surface area contributed by atoms with Crippen LogP contribution in [-0.4, -0.2) is 51.9 Å². The molecule has 0 atom stereocenters. The van der Waals surface area contributed by atoms with E-state index < -0.39 is 118 Å². The summed E-state index contributed by atoms with van der Waals surface area (Å²) in [7, 11) is 0. The van der Waals surface area contributed by atoms with Gasteiger partial charge in [0.2, 0.25) is 0 Å². The molecule has 4 amide bonds. The lowest BCUT2D eigenvalue weighted by Gasteiger charge is -2.16. The number of aromatic hydroxyl groups is 1. The number of halogens is 15. The van der Waals surface area contributed by atoms with Crippen molar-refractivity contribution >= 4 is 50.9 Å². The molecule has 2 heterocycles. The van der Waals surface area contributed by atoms with E-state index >= 15 is 0 Å². The second-order valence-electron chi connectivity index (χ2n) is 13.1. The van der Waals surface area contributed by atoms with Gasteiger partial charge in [0.05, 0.1) is 16.7 Å². The van der Waals surface area contributed by atoms with E-state index in [1.54, 1.807) is 0 Å². The van der Waals surface area contributed by atoms with Crippen molar-refractivity contribution in [3.8, 4) is 28.7 Å². The zero-order chi connectivity index (χ0) is 53.1. The second kappa shape index (κ2) is 23.4. The van der Waals surface area contributed by atoms with Gasteiger partial charge in [0.1, 0.15) is 40.0 Å². The highest BCUT2D eigenvalue weighted by atomic mass is 79.9. The Kier molecular flexibility index (Phi) is 18.2. The fourth-order valence-corrected chi connectivity index (χ4v) is 5.74. The number of anilines is 2. The van der Waals surface area contributed by atoms with Crippen LogP contribution in [0.4, 0.5) is 72.8 Å². The molecule has 4 aromatic carbocycles. The van der Waals surface area contributed by atoms with E-state index in [1.165, 1.54) is 6.07 Å². The van der Waals surface area contributed by atoms with Crippen LogP contribution in [0, 0.1) is 23.3 Å². The molecular formula is C42H25BrF14N6O8. The number of nitrogens with one attached hydrogen (secondary N) is 2. The number of alkyl halides is 10. The third-order valence-corrected chi connectivity index (χ3v) is 8.95. The number of pyridine rings is 2. The maximum atomic E-state index is 14.9. The molecule has 7 N–H and O–H groups in total. The van der Waals surface area contributed by atoms with E-state index in [9.17, 15) is 80.6 Å². The largest absolute Gasteiger partial charge is 0.505 e. The Morgan fingerprint density at radius 1 is 0.577 bits per heavy atom. The van der Waals surface area contributed by atoms with Crippen molar-refractivity contribution < 1.29 is 100.0 Å². The van der Waals surface area contributed by atoms with Gasteiger partial charge in [0.25, 0.3) is 23.6 Å². The molecule has 6 rings (SSSR count). The summed E-state index contributed by atoms with van der Waals surface area (Å²) in [6.45, 7) is -6.25. The molecular weight excluding hydrogens is 1060 g/mol. The fraction of sp³-hybridized carbons (Fsp3) is 0.0952. The number of hydrogen-bond donors (Lipinski definition) is 5. The third kappa shape index (κ3) is 15.4. The molecule has 0 spiro atoms. The Morgan fingerprint density at radius 2 is 1.00 bits per heavy atom. The number of benzene rings is 4. The van der Waals surface area contributed by atoms with Gasteiger partial charge in [0, 0.05) is 40.4 Å². The maximum absolute atomic E-state index is 14.9. The van der Waals surface area contributed by atoms with Gasteiger partial charge in [-0.1, -0.05) is 0 Å². The minimum absolute atomic E-state index is 0.0208. The molecule has 0 saturated heterocycles. The highest BCUT2D eigenvalue weighted by molar-refractivity contribution is 9.10. The Hall–Kier alpha value is -8.24. The minimum atomic E-state index is -5.20. The van der Waals surface area contributed by atoms with Crippen molar-refractivity contribution in [2.24, 2.45) is 11.5 Å². The Labute approximate surface area is 395 Å². The van der Waals surface area contributed by atoms with Crippen LogP contribution in [0.1, 0.15) is 52.8 Å². The first-order valence-corrected chi connectivity index (χ1v) is 19.3. The number of nitrogens with two attached hydrogens (primary N) is 2. The smallest absolute Gasteiger partial charge is 0.419 e. The molecule has 0 aliphatic rings. The van der Waals surface area contributed by atoms with E-state index in [4.69, 9.17) is 21.3 Å². The van der Waals surface area contributed by atoms with Crippen molar-refractivity contribution in [3.05, 3.63) is 159 Å². The van der Waals surface area contributed by atoms with Crippen LogP contribution in [0.3, 0.4) is 0 Å². The number of amides is 4. The predicted octanol–water partition coefficient (Wildman–Crippen LogP) is 10.6. The molecule has 0 radical (unpaired) electrons. The lowest BCUT2D eigenvalue weighted by atomic mass is 10.1. The normalized spacial score (nSPS) is 11.1. The van der Waals surface area contributed by atoms with Gasteiger partial charge in [-0.25, -0.2) is 17.6 Å². The molecule has 0 saturated carbocycles. The highest BCUT2D eigenvalue weighted by Crippen LogP contribution is 2.39. The summed E-state index contributed by atoms with van der Waals surface area (Å²) in [6, 6.07) is 11.6. The van der Waals surface area contributed by atoms with E-state index in [2.05, 4.69) is 46.0 Å². The minimum Gasteiger partial charge on any atom is -0.505 e. The van der Waals surface area contributed by atoms with Crippen molar-refractivity contribution in [1.82, 2.24) is 9.97 Å². The topological polar surface area (TPSA) is 218 Å². The number of carbonyl (C=O) groups is 4. The summed E-state index contributed by atoms with van der Waals surface area (Å²) in [5, 5.41) is 12.9. The van der Waals surface area contributed by atoms with Crippen LogP contribution in [-0.2, 0) is 12.4 Å². The summed E-state index contributed by atoms with van der Waals surface area (Å²) >= 11 is 2.85. The Balaban J connectivity index is 0.000000261. The number of rotatable bonds is 12. The number of ether oxygens (including phenoxy) is 3. The molecule has 0 aliphatic heterocycles. The van der Waals surface area contributed by atoms with E-state index in [-0.39, 0.29) is 39.1 Å². The first kappa shape index (κ1) is 55.4. The van der Waals surface area contributed by atoms with Gasteiger partial charge in [0.15, 0.2) is 29.0 Å². The average molecular weight is 1090 g/mol. The molecule has 29 heteroatoms. The number of phenolic OH excluding ortho intramolecular Hbond substituents is 1. The third-order valence-electron chi connectivity index (χ3n) is 8.29. The highest BCUT2D eigenvalue weighted by Gasteiger charge is 2.38. The molecule has 376 valence electrons. The molecule has 71 heavy (non-hydrogen) atoms. The lowest BCUT2D eigenvalue weighted by Crippen LogP contribution is -2.19. The number of phenols is 1. The van der Waals surface area contributed by atoms with Gasteiger partial charge < -0.3 is 41.4 Å². The zero-order valence-electron chi connectivity index (χ0n) is 34.4. The SMILES string of the molecule is NC(=O)c1cc(NC(=O)c2c(Br)ccc(C(F)(F)F)c2F)ccn1.NC(=O)c1cc(NC(=O)c2c(Oc3ccc(OC(F)F)cc3F)ccc(C(F)(F)F)c2F)ccn1.Oc1ccc(OC(F)F)cc1F. The quantitative estimate of drug-likeness (QED) is 0.0730. The summed E-state index contributed by atoms with van der Waals surface area (Å²) in [6.07, 6.45) is -7.94. The summed E-state index contributed by atoms with van der Waals surface area (Å²) < 4.78 is 194. The number of hydrogen-bond acceptors (Lipinski definition) is 10. The standard InChI is InChI=1S/C21H12F7N3O4.C14H8BrF4N3O2.C7H5F3O2/c22-12-8-10(34-20(24)25)1-3-14(12)35-15-4-2-11(21(26,27)28)17(23)16(15)19(33)31-9-5-6-30-13(7-9)18(29)32;15-8-2-1-7(14(17,18)19)11(16)10(8)13(24)22-6-3-4-21-9(5-6)12(20)23;8-5-3-4(12-7(9)10)1-2-6(5)11/h1-8,20H,(H2,29,32)(H,30,31,33);1-5H,(H2,20,23)(H,21,22,24);1-3,7,11H. The number of carbonyl (C=O) groups excluding carboxylic acids is 4. The molecule has 6 aromatic rings. The maximum Gasteiger partial charge on any atom is 0.419 e. The van der Waals surface area contributed by atoms with Gasteiger partial charge in [-0.2, -0.15) is 43.9 Å². The molecule has 0 aliphatic carbocycles. The van der Waals surface area contributed by atoms with E-state index in [0.29, 0.717) is 24.3 Å². The molecule has 14 nitrogen and oxygen atoms in total. The summed E-state index contributed by atoms with van der Waals surface area (Å²) in [5.41, 5.74) is 4.01. The van der Waals surface area contributed by atoms with E-state index in [0.717, 1.165) is 60.9 Å². The molecule has 2 aromatic heterocycles. The summed E-state index contributed by atoms with van der Waals surface area (Å²) in [4.78, 5) is 54.4. The first-order valence-electron chi connectivity index (χ1n) is 18.5. The van der Waals surface area contributed by atoms with Crippen LogP contribution in [0.25, 0.3) is 0 Å². The first-order chi connectivity index (χ1) is 33.1. The van der Waals surface area contributed by atoms with E-state index in [1.807, 2.05) is 0 Å². The van der Waals surface area contributed by atoms with Gasteiger partial charge in [-0.15, -0.1) is 0 Å². The van der Waals surface area contributed by atoms with Crippen LogP contribution in [0.5, 0.6) is 28.7 Å². The monoisotopic (exact) mass is 1090 g/mol. The van der Waals surface area contributed by atoms with Crippen LogP contribution < -0.4 is 36.3 Å². The second-order valence-corrected chi connectivity index (χ2v) is 14.0. The molecule has 0 unspecified atom stereocenters. The number of aromatic nitrogens is 2. The van der Waals surface area contributed by atoms with Crippen LogP contribution in [0.2, 0.25) is 0 Å². The zero-order valence-corrected chi connectivity index (χ0v) is 36.0. The van der Waals surface area contributed by atoms with Crippen LogP contribution >= 0.6 is 15.9 Å². The lowest BCUT2D eigenvalue weighted by molar-refractivity contribution is -0.140. The predicted molar refractivity (Wildman–Crippen MR) is 220 cm³/mol. The molecule has 0 fully saturated rings. The van der Waals surface area contributed by atoms with Crippen molar-refractivity contribution in [2.45, 2.75) is 25.6 Å². The Bertz CT molecular complexity index is 2950. The van der Waals surface area contributed by atoms with Crippen molar-refractivity contribution in [1.29, 1.82) is 0 Å². The van der Waals surface area contributed by atoms with Gasteiger partial charge in [-0.3, -0.25) is 29.1 Å². The molecule has 0 bridgehead atoms. The summed E-state index contributed by atoms with van der Waals surface area (Å²) in [5.74, 6) is -13.5. The number of nitrogens with zero attached hydrogens (tertiary/aromatic N) is 2. The van der Waals surface area contributed by atoms with Gasteiger partial charge >= 0.3 is 25.6 Å². The number of primary amides is 2. The fourth-order valence-electron chi connectivity index (χ4n) is 5.25. The Morgan fingerprint density at radius 3 is 1.44 bits per heavy atom. The van der Waals surface area contributed by atoms with Gasteiger partial charge in [-0.05, 0) is 88.7 Å². The average Bonchev–Trinajstić information content (AvgIpc) is 3.25.